The van der Waals surface area contributed by atoms with E-state index in [1.165, 1.54) is 12.4 Å². The monoisotopic (exact) mass is 343 g/mol. The molecule has 1 fully saturated rings. The highest BCUT2D eigenvalue weighted by Crippen LogP contribution is 2.14. The number of anilines is 1. The van der Waals surface area contributed by atoms with Crippen LogP contribution in [0.4, 0.5) is 10.2 Å². The minimum Gasteiger partial charge on any atom is -0.353 e. The first kappa shape index (κ1) is 16.8. The van der Waals surface area contributed by atoms with E-state index in [0.717, 1.165) is 6.41 Å². The van der Waals surface area contributed by atoms with Gasteiger partial charge in [-0.3, -0.25) is 9.59 Å². The van der Waals surface area contributed by atoms with Gasteiger partial charge in [0.05, 0.1) is 0 Å². The van der Waals surface area contributed by atoms with Gasteiger partial charge < -0.3 is 15.1 Å². The van der Waals surface area contributed by atoms with Gasteiger partial charge in [-0.15, -0.1) is 0 Å². The number of rotatable bonds is 5. The van der Waals surface area contributed by atoms with Gasteiger partial charge in [-0.1, -0.05) is 18.2 Å². The smallest absolute Gasteiger partial charge is 0.270 e. The fourth-order valence-electron chi connectivity index (χ4n) is 2.61. The number of hydrogen-bond acceptors (Lipinski definition) is 5. The molecule has 0 radical (unpaired) electrons. The average Bonchev–Trinajstić information content (AvgIpc) is 2.67. The van der Waals surface area contributed by atoms with Crippen LogP contribution in [-0.2, 0) is 11.3 Å². The number of piperazine rings is 1. The maximum absolute atomic E-state index is 13.6. The summed E-state index contributed by atoms with van der Waals surface area (Å²) in [5.74, 6) is -0.116. The SMILES string of the molecule is O=CN1CCN(c2cc(C(=O)NCc3ccccc3F)ncn2)CC1. The lowest BCUT2D eigenvalue weighted by Gasteiger charge is -2.33. The largest absolute Gasteiger partial charge is 0.353 e. The molecule has 3 rings (SSSR count). The van der Waals surface area contributed by atoms with E-state index < -0.39 is 5.91 Å². The zero-order chi connectivity index (χ0) is 17.6. The van der Waals surface area contributed by atoms with Gasteiger partial charge in [0.2, 0.25) is 6.41 Å². The van der Waals surface area contributed by atoms with Crippen molar-refractivity contribution in [1.29, 1.82) is 0 Å². The van der Waals surface area contributed by atoms with Crippen molar-refractivity contribution in [1.82, 2.24) is 20.2 Å². The van der Waals surface area contributed by atoms with Gasteiger partial charge in [0.1, 0.15) is 23.7 Å². The number of hydrogen-bond donors (Lipinski definition) is 1. The van der Waals surface area contributed by atoms with E-state index in [2.05, 4.69) is 15.3 Å². The maximum atomic E-state index is 13.6. The van der Waals surface area contributed by atoms with Crippen molar-refractivity contribution in [2.45, 2.75) is 6.54 Å². The molecule has 7 nitrogen and oxygen atoms in total. The number of nitrogens with one attached hydrogen (secondary N) is 1. The Morgan fingerprint density at radius 2 is 1.96 bits per heavy atom. The Morgan fingerprint density at radius 3 is 2.68 bits per heavy atom. The van der Waals surface area contributed by atoms with E-state index in [-0.39, 0.29) is 18.1 Å². The molecular formula is C17H18FN5O2. The summed E-state index contributed by atoms with van der Waals surface area (Å²) in [7, 11) is 0. The van der Waals surface area contributed by atoms with Crippen LogP contribution < -0.4 is 10.2 Å². The van der Waals surface area contributed by atoms with Crippen LogP contribution in [0.1, 0.15) is 16.1 Å². The standard InChI is InChI=1S/C17H18FN5O2/c18-14-4-2-1-3-13(14)10-19-17(25)15-9-16(21-11-20-15)23-7-5-22(12-24)6-8-23/h1-4,9,11-12H,5-8,10H2,(H,19,25). The van der Waals surface area contributed by atoms with Crippen molar-refractivity contribution in [2.24, 2.45) is 0 Å². The molecule has 0 aliphatic carbocycles. The molecule has 1 aromatic carbocycles. The Labute approximate surface area is 144 Å². The number of halogens is 1. The molecule has 1 aliphatic heterocycles. The zero-order valence-electron chi connectivity index (χ0n) is 13.6. The van der Waals surface area contributed by atoms with Gasteiger partial charge in [0.15, 0.2) is 0 Å². The van der Waals surface area contributed by atoms with Gasteiger partial charge in [-0.05, 0) is 6.07 Å². The predicted molar refractivity (Wildman–Crippen MR) is 89.5 cm³/mol. The van der Waals surface area contributed by atoms with E-state index in [4.69, 9.17) is 0 Å². The second-order valence-electron chi connectivity index (χ2n) is 5.66. The van der Waals surface area contributed by atoms with Gasteiger partial charge in [0.25, 0.3) is 5.91 Å². The van der Waals surface area contributed by atoms with Crippen LogP contribution in [0.2, 0.25) is 0 Å². The Balaban J connectivity index is 1.64. The Morgan fingerprint density at radius 1 is 1.20 bits per heavy atom. The molecule has 2 heterocycles. The number of amides is 2. The Hall–Kier alpha value is -3.03. The summed E-state index contributed by atoms with van der Waals surface area (Å²) in [6.07, 6.45) is 2.17. The lowest BCUT2D eigenvalue weighted by atomic mass is 10.2. The van der Waals surface area contributed by atoms with Crippen molar-refractivity contribution in [3.05, 3.63) is 53.7 Å². The normalized spacial score (nSPS) is 14.3. The molecule has 1 saturated heterocycles. The molecule has 0 unspecified atom stereocenters. The van der Waals surface area contributed by atoms with E-state index >= 15 is 0 Å². The van der Waals surface area contributed by atoms with Crippen LogP contribution in [0, 0.1) is 5.82 Å². The second-order valence-corrected chi connectivity index (χ2v) is 5.66. The molecule has 130 valence electrons. The second kappa shape index (κ2) is 7.69. The Kier molecular flexibility index (Phi) is 5.17. The van der Waals surface area contributed by atoms with E-state index in [1.54, 1.807) is 29.2 Å². The third kappa shape index (κ3) is 4.09. The van der Waals surface area contributed by atoms with Crippen LogP contribution in [-0.4, -0.2) is 53.4 Å². The quantitative estimate of drug-likeness (QED) is 0.814. The van der Waals surface area contributed by atoms with Crippen molar-refractivity contribution < 1.29 is 14.0 Å². The summed E-state index contributed by atoms with van der Waals surface area (Å²) >= 11 is 0. The summed E-state index contributed by atoms with van der Waals surface area (Å²) in [6, 6.07) is 7.89. The molecule has 0 bridgehead atoms. The minimum atomic E-state index is -0.390. The van der Waals surface area contributed by atoms with Crippen LogP contribution in [0.15, 0.2) is 36.7 Å². The number of carbonyl (C=O) groups is 2. The third-order valence-electron chi connectivity index (χ3n) is 4.07. The highest BCUT2D eigenvalue weighted by molar-refractivity contribution is 5.92. The van der Waals surface area contributed by atoms with Crippen molar-refractivity contribution >= 4 is 18.1 Å². The molecule has 2 aromatic rings. The van der Waals surface area contributed by atoms with E-state index in [9.17, 15) is 14.0 Å². The number of carbonyl (C=O) groups excluding carboxylic acids is 2. The van der Waals surface area contributed by atoms with E-state index in [0.29, 0.717) is 37.6 Å². The molecule has 1 N–H and O–H groups in total. The molecule has 0 atom stereocenters. The van der Waals surface area contributed by atoms with E-state index in [1.807, 2.05) is 4.90 Å². The van der Waals surface area contributed by atoms with Gasteiger partial charge >= 0.3 is 0 Å². The molecule has 0 spiro atoms. The predicted octanol–water partition coefficient (Wildman–Crippen LogP) is 0.824. The average molecular weight is 343 g/mol. The third-order valence-corrected chi connectivity index (χ3v) is 4.07. The van der Waals surface area contributed by atoms with Crippen molar-refractivity contribution in [3.8, 4) is 0 Å². The van der Waals surface area contributed by atoms with Gasteiger partial charge in [-0.2, -0.15) is 0 Å². The summed E-state index contributed by atoms with van der Waals surface area (Å²) in [4.78, 5) is 34.9. The first-order valence-corrected chi connectivity index (χ1v) is 7.95. The van der Waals surface area contributed by atoms with Crippen LogP contribution in [0.5, 0.6) is 0 Å². The fraction of sp³-hybridized carbons (Fsp3) is 0.294. The van der Waals surface area contributed by atoms with Crippen LogP contribution >= 0.6 is 0 Å². The first-order valence-electron chi connectivity index (χ1n) is 7.95. The van der Waals surface area contributed by atoms with Crippen molar-refractivity contribution in [2.75, 3.05) is 31.1 Å². The minimum absolute atomic E-state index is 0.0862. The lowest BCUT2D eigenvalue weighted by molar-refractivity contribution is -0.118. The van der Waals surface area contributed by atoms with Crippen molar-refractivity contribution in [3.63, 3.8) is 0 Å². The topological polar surface area (TPSA) is 78.4 Å². The molecular weight excluding hydrogens is 325 g/mol. The van der Waals surface area contributed by atoms with Crippen LogP contribution in [0.3, 0.4) is 0 Å². The number of nitrogens with zero attached hydrogens (tertiary/aromatic N) is 4. The zero-order valence-corrected chi connectivity index (χ0v) is 13.6. The molecule has 1 aliphatic rings. The number of benzene rings is 1. The van der Waals surface area contributed by atoms with Gasteiger partial charge in [-0.25, -0.2) is 14.4 Å². The van der Waals surface area contributed by atoms with Gasteiger partial charge in [0, 0.05) is 44.4 Å². The number of aromatic nitrogens is 2. The molecule has 0 saturated carbocycles. The highest BCUT2D eigenvalue weighted by atomic mass is 19.1. The summed E-state index contributed by atoms with van der Waals surface area (Å²) < 4.78 is 13.6. The first-order chi connectivity index (χ1) is 12.2. The summed E-state index contributed by atoms with van der Waals surface area (Å²) in [6.45, 7) is 2.60. The summed E-state index contributed by atoms with van der Waals surface area (Å²) in [5, 5.41) is 2.66. The Bertz CT molecular complexity index is 762. The summed E-state index contributed by atoms with van der Waals surface area (Å²) in [5.41, 5.74) is 0.634. The highest BCUT2D eigenvalue weighted by Gasteiger charge is 2.18. The maximum Gasteiger partial charge on any atom is 0.270 e. The fourth-order valence-corrected chi connectivity index (χ4v) is 2.61. The van der Waals surface area contributed by atoms with Crippen LogP contribution in [0.25, 0.3) is 0 Å². The molecule has 2 amide bonds. The molecule has 8 heteroatoms. The molecule has 1 aromatic heterocycles. The molecule has 25 heavy (non-hydrogen) atoms. The lowest BCUT2D eigenvalue weighted by Crippen LogP contribution is -2.46.